The van der Waals surface area contributed by atoms with E-state index in [-0.39, 0.29) is 23.1 Å². The average molecular weight is 504 g/mol. The molecule has 4 aromatic rings. The van der Waals surface area contributed by atoms with Crippen molar-refractivity contribution in [2.45, 2.75) is 50.1 Å². The van der Waals surface area contributed by atoms with Gasteiger partial charge in [0.1, 0.15) is 0 Å². The lowest BCUT2D eigenvalue weighted by atomic mass is 9.89. The number of halogens is 6. The van der Waals surface area contributed by atoms with Gasteiger partial charge in [0.15, 0.2) is 0 Å². The smallest absolute Gasteiger partial charge is 0.380 e. The van der Waals surface area contributed by atoms with Crippen molar-refractivity contribution >= 4 is 33.2 Å². The Labute approximate surface area is 202 Å². The largest absolute Gasteiger partial charge is 0.416 e. The predicted molar refractivity (Wildman–Crippen MR) is 127 cm³/mol. The second kappa shape index (κ2) is 9.15. The number of alkyl halides is 6. The fraction of sp³-hybridized carbons (Fsp3) is 0.308. The Morgan fingerprint density at radius 1 is 0.611 bits per heavy atom. The number of pyridine rings is 2. The highest BCUT2D eigenvalue weighted by atomic mass is 19.4. The van der Waals surface area contributed by atoms with E-state index in [0.717, 1.165) is 49.9 Å². The van der Waals surface area contributed by atoms with Gasteiger partial charge in [-0.25, -0.2) is 0 Å². The summed E-state index contributed by atoms with van der Waals surface area (Å²) in [6, 6.07) is 10.4. The van der Waals surface area contributed by atoms with Gasteiger partial charge in [-0.2, -0.15) is 26.3 Å². The number of aromatic nitrogens is 2. The van der Waals surface area contributed by atoms with Gasteiger partial charge >= 0.3 is 12.4 Å². The number of hydrogen-bond acceptors (Lipinski definition) is 4. The first kappa shape index (κ1) is 24.1. The fourth-order valence-electron chi connectivity index (χ4n) is 4.78. The normalized spacial score (nSPS) is 18.9. The molecule has 2 heterocycles. The number of nitrogens with one attached hydrogen (secondary N) is 2. The molecule has 0 unspecified atom stereocenters. The maximum Gasteiger partial charge on any atom is 0.416 e. The quantitative estimate of drug-likeness (QED) is 0.280. The zero-order valence-electron chi connectivity index (χ0n) is 18.9. The SMILES string of the molecule is FC(F)(F)c1ccc2c(N[C@H]3CCCC[C@@H]3Nc3ccnc4cc(C(F)(F)F)ccc34)ccnc2c1. The molecule has 1 saturated carbocycles. The van der Waals surface area contributed by atoms with Gasteiger partial charge in [-0.05, 0) is 49.2 Å². The number of benzene rings is 2. The van der Waals surface area contributed by atoms with Crippen LogP contribution in [0.3, 0.4) is 0 Å². The van der Waals surface area contributed by atoms with E-state index in [0.29, 0.717) is 22.1 Å². The fourth-order valence-corrected chi connectivity index (χ4v) is 4.78. The predicted octanol–water partition coefficient (Wildman–Crippen LogP) is 7.66. The van der Waals surface area contributed by atoms with Crippen molar-refractivity contribution in [3.8, 4) is 0 Å². The van der Waals surface area contributed by atoms with Crippen LogP contribution in [0.15, 0.2) is 60.9 Å². The van der Waals surface area contributed by atoms with E-state index >= 15 is 0 Å². The highest BCUT2D eigenvalue weighted by Gasteiger charge is 2.32. The van der Waals surface area contributed by atoms with Gasteiger partial charge in [-0.3, -0.25) is 9.97 Å². The third-order valence-electron chi connectivity index (χ3n) is 6.59. The van der Waals surface area contributed by atoms with Crippen LogP contribution in [-0.2, 0) is 12.4 Å². The van der Waals surface area contributed by atoms with Gasteiger partial charge in [0.2, 0.25) is 0 Å². The van der Waals surface area contributed by atoms with Gasteiger partial charge in [-0.15, -0.1) is 0 Å². The van der Waals surface area contributed by atoms with Crippen molar-refractivity contribution in [2.24, 2.45) is 0 Å². The molecule has 36 heavy (non-hydrogen) atoms. The zero-order chi connectivity index (χ0) is 25.5. The first-order valence-electron chi connectivity index (χ1n) is 11.5. The van der Waals surface area contributed by atoms with Crippen molar-refractivity contribution in [2.75, 3.05) is 10.6 Å². The monoisotopic (exact) mass is 504 g/mol. The van der Waals surface area contributed by atoms with Crippen molar-refractivity contribution < 1.29 is 26.3 Å². The molecule has 10 heteroatoms. The van der Waals surface area contributed by atoms with Crippen LogP contribution >= 0.6 is 0 Å². The molecule has 2 atom stereocenters. The molecule has 2 aromatic carbocycles. The molecule has 0 spiro atoms. The molecule has 188 valence electrons. The number of fused-ring (bicyclic) bond motifs is 2. The van der Waals surface area contributed by atoms with Crippen molar-refractivity contribution in [3.63, 3.8) is 0 Å². The minimum absolute atomic E-state index is 0.0516. The molecular weight excluding hydrogens is 482 g/mol. The molecule has 2 aromatic heterocycles. The Bertz CT molecular complexity index is 1290. The summed E-state index contributed by atoms with van der Waals surface area (Å²) in [5.74, 6) is 0. The Hall–Kier alpha value is -3.56. The zero-order valence-corrected chi connectivity index (χ0v) is 18.9. The van der Waals surface area contributed by atoms with Crippen LogP contribution in [0.1, 0.15) is 36.8 Å². The number of nitrogens with zero attached hydrogens (tertiary/aromatic N) is 2. The van der Waals surface area contributed by atoms with Gasteiger partial charge in [0, 0.05) is 46.6 Å². The molecule has 2 N–H and O–H groups in total. The third kappa shape index (κ3) is 4.89. The topological polar surface area (TPSA) is 49.8 Å². The summed E-state index contributed by atoms with van der Waals surface area (Å²) in [7, 11) is 0. The van der Waals surface area contributed by atoms with Crippen LogP contribution < -0.4 is 10.6 Å². The molecule has 0 saturated heterocycles. The van der Waals surface area contributed by atoms with Crippen LogP contribution in [0.5, 0.6) is 0 Å². The van der Waals surface area contributed by atoms with Crippen LogP contribution in [0, 0.1) is 0 Å². The molecule has 0 bridgehead atoms. The highest BCUT2D eigenvalue weighted by molar-refractivity contribution is 5.92. The minimum atomic E-state index is -4.45. The summed E-state index contributed by atoms with van der Waals surface area (Å²) in [6.45, 7) is 0. The van der Waals surface area contributed by atoms with Crippen LogP contribution in [-0.4, -0.2) is 22.1 Å². The standard InChI is InChI=1S/C26H22F6N4/c27-25(28,29)15-5-7-17-19(9-11-33-23(17)13-15)35-21-3-1-2-4-22(21)36-20-10-12-34-24-14-16(26(30,31)32)6-8-18(20)24/h5-14,21-22H,1-4H2,(H,33,35)(H,34,36)/t21-,22-/m0/s1. The van der Waals surface area contributed by atoms with E-state index in [1.807, 2.05) is 0 Å². The van der Waals surface area contributed by atoms with Crippen molar-refractivity contribution in [1.29, 1.82) is 0 Å². The van der Waals surface area contributed by atoms with E-state index in [1.54, 1.807) is 12.1 Å². The Morgan fingerprint density at radius 3 is 1.42 bits per heavy atom. The van der Waals surface area contributed by atoms with Crippen molar-refractivity contribution in [1.82, 2.24) is 9.97 Å². The maximum absolute atomic E-state index is 13.1. The van der Waals surface area contributed by atoms with Gasteiger partial charge in [-0.1, -0.05) is 25.0 Å². The molecule has 0 aliphatic heterocycles. The Kier molecular flexibility index (Phi) is 6.13. The van der Waals surface area contributed by atoms with E-state index in [2.05, 4.69) is 20.6 Å². The average Bonchev–Trinajstić information content (AvgIpc) is 2.84. The van der Waals surface area contributed by atoms with Crippen LogP contribution in [0.25, 0.3) is 21.8 Å². The van der Waals surface area contributed by atoms with Crippen LogP contribution in [0.4, 0.5) is 37.7 Å². The van der Waals surface area contributed by atoms with Gasteiger partial charge < -0.3 is 10.6 Å². The first-order valence-corrected chi connectivity index (χ1v) is 11.5. The molecule has 4 nitrogen and oxygen atoms in total. The Morgan fingerprint density at radius 2 is 1.03 bits per heavy atom. The van der Waals surface area contributed by atoms with E-state index < -0.39 is 23.5 Å². The molecule has 1 aliphatic carbocycles. The van der Waals surface area contributed by atoms with Gasteiger partial charge in [0.05, 0.1) is 22.2 Å². The maximum atomic E-state index is 13.1. The third-order valence-corrected chi connectivity index (χ3v) is 6.59. The summed E-state index contributed by atoms with van der Waals surface area (Å²) in [5.41, 5.74) is 0.348. The van der Waals surface area contributed by atoms with E-state index in [4.69, 9.17) is 0 Å². The lowest BCUT2D eigenvalue weighted by Crippen LogP contribution is -2.41. The van der Waals surface area contributed by atoms with E-state index in [1.165, 1.54) is 24.5 Å². The second-order valence-electron chi connectivity index (χ2n) is 8.96. The molecule has 0 amide bonds. The first-order chi connectivity index (χ1) is 17.1. The molecular formula is C26H22F6N4. The molecule has 1 aliphatic rings. The summed E-state index contributed by atoms with van der Waals surface area (Å²) >= 11 is 0. The summed E-state index contributed by atoms with van der Waals surface area (Å²) in [4.78, 5) is 8.22. The molecule has 0 radical (unpaired) electrons. The van der Waals surface area contributed by atoms with Crippen LogP contribution in [0.2, 0.25) is 0 Å². The van der Waals surface area contributed by atoms with Gasteiger partial charge in [0.25, 0.3) is 0 Å². The lowest BCUT2D eigenvalue weighted by Gasteiger charge is -2.34. The summed E-state index contributed by atoms with van der Waals surface area (Å²) in [5, 5.41) is 8.14. The lowest BCUT2D eigenvalue weighted by molar-refractivity contribution is -0.138. The summed E-state index contributed by atoms with van der Waals surface area (Å²) in [6.07, 6.45) is -2.36. The summed E-state index contributed by atoms with van der Waals surface area (Å²) < 4.78 is 78.8. The minimum Gasteiger partial charge on any atom is -0.380 e. The molecule has 1 fully saturated rings. The Balaban J connectivity index is 1.42. The highest BCUT2D eigenvalue weighted by Crippen LogP contribution is 2.35. The second-order valence-corrected chi connectivity index (χ2v) is 8.96. The van der Waals surface area contributed by atoms with E-state index in [9.17, 15) is 26.3 Å². The number of hydrogen-bond donors (Lipinski definition) is 2. The van der Waals surface area contributed by atoms with Crippen molar-refractivity contribution in [3.05, 3.63) is 72.1 Å². The number of anilines is 2. The number of rotatable bonds is 4. The molecule has 5 rings (SSSR count).